The van der Waals surface area contributed by atoms with Crippen LogP contribution in [-0.2, 0) is 5.41 Å². The van der Waals surface area contributed by atoms with Crippen molar-refractivity contribution in [3.63, 3.8) is 0 Å². The van der Waals surface area contributed by atoms with Gasteiger partial charge in [0.05, 0.1) is 24.9 Å². The summed E-state index contributed by atoms with van der Waals surface area (Å²) < 4.78 is 11.2. The summed E-state index contributed by atoms with van der Waals surface area (Å²) in [5, 5.41) is 3.46. The molecular formula is C42H40BN3O2S. The van der Waals surface area contributed by atoms with Gasteiger partial charge < -0.3 is 14.4 Å². The third-order valence-electron chi connectivity index (χ3n) is 9.76. The minimum atomic E-state index is -0.212. The van der Waals surface area contributed by atoms with Crippen LogP contribution < -0.4 is 30.8 Å². The minimum Gasteiger partial charge on any atom is -0.497 e. The molecule has 0 N–H and O–H groups in total. The molecule has 0 bridgehead atoms. The van der Waals surface area contributed by atoms with Gasteiger partial charge in [0.25, 0.3) is 6.71 Å². The van der Waals surface area contributed by atoms with Crippen molar-refractivity contribution in [1.29, 1.82) is 0 Å². The van der Waals surface area contributed by atoms with E-state index in [1.165, 1.54) is 48.9 Å². The maximum absolute atomic E-state index is 5.60. The molecule has 4 heterocycles. The molecule has 2 aliphatic heterocycles. The summed E-state index contributed by atoms with van der Waals surface area (Å²) in [5.41, 5.74) is 10.2. The summed E-state index contributed by atoms with van der Waals surface area (Å²) in [5.74, 6) is 2.48. The fraction of sp³-hybridized carbons (Fsp3) is 0.238. The molecule has 0 fully saturated rings. The zero-order chi connectivity index (χ0) is 34.2. The molecule has 7 heteroatoms. The van der Waals surface area contributed by atoms with Crippen molar-refractivity contribution in [2.24, 2.45) is 0 Å². The standard InChI is InChI=1S/C42H40BN3O2S/c1-41(2,3)28-21-36-38-37(22-28)49-40-33(16-17-35(45-40)26-18-29(47-7)23-30(19-26)48-8)43(38)34-20-27(24-44-39(34)46(36)42(4,5)6)32-15-11-13-25-12-9-10-14-31(25)32/h9-24H,1-8H3. The van der Waals surface area contributed by atoms with Crippen LogP contribution in [0.1, 0.15) is 47.1 Å². The summed E-state index contributed by atoms with van der Waals surface area (Å²) >= 11 is 1.78. The van der Waals surface area contributed by atoms with Crippen LogP contribution in [0.3, 0.4) is 0 Å². The first kappa shape index (κ1) is 31.5. The zero-order valence-corrected chi connectivity index (χ0v) is 30.2. The van der Waals surface area contributed by atoms with E-state index in [1.54, 1.807) is 26.0 Å². The van der Waals surface area contributed by atoms with Crippen molar-refractivity contribution < 1.29 is 9.47 Å². The molecule has 0 amide bonds. The third kappa shape index (κ3) is 5.26. The second kappa shape index (κ2) is 11.4. The van der Waals surface area contributed by atoms with Gasteiger partial charge in [-0.1, -0.05) is 87.1 Å². The average Bonchev–Trinajstić information content (AvgIpc) is 3.09. The molecule has 49 heavy (non-hydrogen) atoms. The molecule has 0 saturated carbocycles. The van der Waals surface area contributed by atoms with E-state index in [4.69, 9.17) is 19.4 Å². The van der Waals surface area contributed by atoms with Crippen molar-refractivity contribution in [2.75, 3.05) is 19.1 Å². The molecular weight excluding hydrogens is 621 g/mol. The first-order chi connectivity index (χ1) is 23.4. The minimum absolute atomic E-state index is 0.0207. The summed E-state index contributed by atoms with van der Waals surface area (Å²) in [6.45, 7) is 13.7. The summed E-state index contributed by atoms with van der Waals surface area (Å²) in [4.78, 5) is 14.4. The normalized spacial score (nSPS) is 13.6. The van der Waals surface area contributed by atoms with Crippen LogP contribution in [0.25, 0.3) is 33.2 Å². The summed E-state index contributed by atoms with van der Waals surface area (Å²) in [6, 6.07) is 32.7. The highest BCUT2D eigenvalue weighted by molar-refractivity contribution is 8.00. The second-order valence-electron chi connectivity index (χ2n) is 15.1. The third-order valence-corrected chi connectivity index (χ3v) is 10.8. The summed E-state index contributed by atoms with van der Waals surface area (Å²) in [7, 11) is 3.36. The quantitative estimate of drug-likeness (QED) is 0.176. The smallest absolute Gasteiger partial charge is 0.253 e. The molecule has 2 aromatic heterocycles. The van der Waals surface area contributed by atoms with Crippen molar-refractivity contribution in [3.8, 4) is 33.9 Å². The number of hydrogen-bond donors (Lipinski definition) is 0. The number of hydrogen-bond acceptors (Lipinski definition) is 6. The van der Waals surface area contributed by atoms with E-state index in [2.05, 4.69) is 125 Å². The molecule has 2 aliphatic rings. The number of ether oxygens (including phenoxy) is 2. The Morgan fingerprint density at radius 1 is 0.735 bits per heavy atom. The van der Waals surface area contributed by atoms with E-state index in [0.717, 1.165) is 39.2 Å². The van der Waals surface area contributed by atoms with Gasteiger partial charge in [0.15, 0.2) is 0 Å². The van der Waals surface area contributed by atoms with Crippen molar-refractivity contribution >= 4 is 57.1 Å². The number of pyridine rings is 2. The largest absolute Gasteiger partial charge is 0.497 e. The Bertz CT molecular complexity index is 2260. The fourth-order valence-corrected chi connectivity index (χ4v) is 8.52. The molecule has 0 radical (unpaired) electrons. The Balaban J connectivity index is 1.39. The molecule has 8 rings (SSSR count). The summed E-state index contributed by atoms with van der Waals surface area (Å²) in [6.07, 6.45) is 2.06. The van der Waals surface area contributed by atoms with Gasteiger partial charge in [-0.3, -0.25) is 0 Å². The Morgan fingerprint density at radius 3 is 2.18 bits per heavy atom. The molecule has 0 saturated heterocycles. The van der Waals surface area contributed by atoms with Gasteiger partial charge in [-0.25, -0.2) is 9.97 Å². The lowest BCUT2D eigenvalue weighted by Crippen LogP contribution is -2.63. The van der Waals surface area contributed by atoms with Crippen LogP contribution in [0.15, 0.2) is 107 Å². The Kier molecular flexibility index (Phi) is 7.34. The molecule has 6 aromatic rings. The van der Waals surface area contributed by atoms with E-state index in [-0.39, 0.29) is 17.7 Å². The van der Waals surface area contributed by atoms with Crippen LogP contribution in [-0.4, -0.2) is 36.4 Å². The van der Waals surface area contributed by atoms with E-state index < -0.39 is 0 Å². The molecule has 0 spiro atoms. The van der Waals surface area contributed by atoms with Gasteiger partial charge in [-0.2, -0.15) is 0 Å². The second-order valence-corrected chi connectivity index (χ2v) is 16.1. The number of aromatic nitrogens is 2. The molecule has 4 aromatic carbocycles. The van der Waals surface area contributed by atoms with E-state index in [1.807, 2.05) is 18.2 Å². The molecule has 0 atom stereocenters. The fourth-order valence-electron chi connectivity index (χ4n) is 7.35. The number of nitrogens with zero attached hydrogens (tertiary/aromatic N) is 3. The molecule has 244 valence electrons. The van der Waals surface area contributed by atoms with E-state index in [9.17, 15) is 0 Å². The first-order valence-corrected chi connectivity index (χ1v) is 17.7. The lowest BCUT2D eigenvalue weighted by Gasteiger charge is -2.46. The maximum atomic E-state index is 5.60. The molecule has 0 aliphatic carbocycles. The Hall–Kier alpha value is -4.75. The van der Waals surface area contributed by atoms with Gasteiger partial charge in [0, 0.05) is 39.5 Å². The van der Waals surface area contributed by atoms with Gasteiger partial charge in [-0.05, 0) is 94.8 Å². The maximum Gasteiger partial charge on any atom is 0.253 e. The number of benzene rings is 4. The van der Waals surface area contributed by atoms with Gasteiger partial charge in [-0.15, -0.1) is 0 Å². The van der Waals surface area contributed by atoms with Crippen LogP contribution in [0.2, 0.25) is 0 Å². The lowest BCUT2D eigenvalue weighted by atomic mass is 9.35. The first-order valence-electron chi connectivity index (χ1n) is 16.8. The lowest BCUT2D eigenvalue weighted by molar-refractivity contribution is 0.394. The zero-order valence-electron chi connectivity index (χ0n) is 29.4. The van der Waals surface area contributed by atoms with Crippen LogP contribution in [0.4, 0.5) is 11.5 Å². The number of anilines is 2. The number of rotatable bonds is 4. The van der Waals surface area contributed by atoms with Crippen LogP contribution in [0, 0.1) is 0 Å². The van der Waals surface area contributed by atoms with Gasteiger partial charge in [0.2, 0.25) is 0 Å². The van der Waals surface area contributed by atoms with E-state index >= 15 is 0 Å². The monoisotopic (exact) mass is 661 g/mol. The number of methoxy groups -OCH3 is 2. The van der Waals surface area contributed by atoms with Crippen molar-refractivity contribution in [1.82, 2.24) is 9.97 Å². The predicted molar refractivity (Wildman–Crippen MR) is 206 cm³/mol. The van der Waals surface area contributed by atoms with Gasteiger partial charge >= 0.3 is 0 Å². The highest BCUT2D eigenvalue weighted by Gasteiger charge is 2.45. The Labute approximate surface area is 293 Å². The molecule has 0 unspecified atom stereocenters. The topological polar surface area (TPSA) is 47.5 Å². The highest BCUT2D eigenvalue weighted by Crippen LogP contribution is 2.43. The molecule has 5 nitrogen and oxygen atoms in total. The van der Waals surface area contributed by atoms with Crippen molar-refractivity contribution in [2.45, 2.75) is 62.4 Å². The number of fused-ring (bicyclic) bond motifs is 5. The van der Waals surface area contributed by atoms with Crippen molar-refractivity contribution in [3.05, 3.63) is 103 Å². The average molecular weight is 662 g/mol. The highest BCUT2D eigenvalue weighted by atomic mass is 32.2. The van der Waals surface area contributed by atoms with E-state index in [0.29, 0.717) is 0 Å². The predicted octanol–water partition coefficient (Wildman–Crippen LogP) is 8.51. The van der Waals surface area contributed by atoms with Crippen LogP contribution >= 0.6 is 11.8 Å². The van der Waals surface area contributed by atoms with Crippen LogP contribution in [0.5, 0.6) is 11.5 Å². The SMILES string of the molecule is COc1cc(OC)cc(-c2ccc3c(n2)Sc2cc(C(C)(C)C)cc4c2B3c2cc(-c3cccc5ccccc35)cnc2N4C(C)(C)C)c1. The van der Waals surface area contributed by atoms with Gasteiger partial charge in [0.1, 0.15) is 17.3 Å². The Morgan fingerprint density at radius 2 is 1.47 bits per heavy atom.